The van der Waals surface area contributed by atoms with Crippen molar-refractivity contribution in [3.8, 4) is 0 Å². The topological polar surface area (TPSA) is 98.7 Å². The zero-order valence-electron chi connectivity index (χ0n) is 10.8. The van der Waals surface area contributed by atoms with E-state index in [1.165, 1.54) is 13.8 Å². The number of anilines is 1. The predicted molar refractivity (Wildman–Crippen MR) is 66.4 cm³/mol. The van der Waals surface area contributed by atoms with E-state index in [0.29, 0.717) is 0 Å². The van der Waals surface area contributed by atoms with Crippen molar-refractivity contribution in [3.05, 3.63) is 29.3 Å². The Morgan fingerprint density at radius 1 is 1.25 bits per heavy atom. The summed E-state index contributed by atoms with van der Waals surface area (Å²) >= 11 is 0. The number of aliphatic carboxylic acids is 1. The van der Waals surface area contributed by atoms with Gasteiger partial charge in [0.25, 0.3) is 0 Å². The molecule has 4 N–H and O–H groups in total. The molecule has 2 atom stereocenters. The summed E-state index contributed by atoms with van der Waals surface area (Å²) in [5.74, 6) is -3.03. The third-order valence-corrected chi connectivity index (χ3v) is 2.53. The fourth-order valence-corrected chi connectivity index (χ4v) is 1.43. The molecule has 0 saturated heterocycles. The number of aliphatic hydroxyl groups is 1. The maximum atomic E-state index is 13.5. The molecule has 0 aliphatic carbocycles. The number of aliphatic hydroxyl groups excluding tert-OH is 1. The van der Waals surface area contributed by atoms with E-state index in [0.717, 1.165) is 12.1 Å². The number of rotatable bonds is 4. The minimum absolute atomic E-state index is 0.0702. The van der Waals surface area contributed by atoms with Gasteiger partial charge in [0.15, 0.2) is 6.04 Å². The van der Waals surface area contributed by atoms with Crippen LogP contribution in [0.5, 0.6) is 0 Å². The number of amides is 2. The first-order valence-electron chi connectivity index (χ1n) is 5.66. The van der Waals surface area contributed by atoms with E-state index < -0.39 is 41.5 Å². The van der Waals surface area contributed by atoms with Crippen LogP contribution in [0.2, 0.25) is 0 Å². The average Bonchev–Trinajstić information content (AvgIpc) is 2.32. The first-order chi connectivity index (χ1) is 9.22. The molecule has 6 nitrogen and oxygen atoms in total. The molecule has 0 radical (unpaired) electrons. The highest BCUT2D eigenvalue weighted by atomic mass is 19.1. The molecule has 1 rings (SSSR count). The molecular weight excluding hydrogens is 274 g/mol. The maximum Gasteiger partial charge on any atom is 0.328 e. The Morgan fingerprint density at radius 2 is 1.85 bits per heavy atom. The van der Waals surface area contributed by atoms with Gasteiger partial charge in [-0.3, -0.25) is 0 Å². The highest BCUT2D eigenvalue weighted by Crippen LogP contribution is 2.18. The predicted octanol–water partition coefficient (Wildman–Crippen LogP) is 1.23. The molecule has 2 amide bonds. The lowest BCUT2D eigenvalue weighted by Gasteiger charge is -2.17. The fraction of sp³-hybridized carbons (Fsp3) is 0.333. The Morgan fingerprint density at radius 3 is 2.35 bits per heavy atom. The lowest BCUT2D eigenvalue weighted by atomic mass is 10.2. The smallest absolute Gasteiger partial charge is 0.328 e. The molecule has 1 aromatic rings. The second-order valence-corrected chi connectivity index (χ2v) is 4.24. The van der Waals surface area contributed by atoms with Crippen LogP contribution in [-0.4, -0.2) is 34.4 Å². The highest BCUT2D eigenvalue weighted by Gasteiger charge is 2.25. The van der Waals surface area contributed by atoms with Crippen LogP contribution in [0, 0.1) is 18.6 Å². The Bertz CT molecular complexity index is 534. The summed E-state index contributed by atoms with van der Waals surface area (Å²) in [5.41, 5.74) is -0.360. The maximum absolute atomic E-state index is 13.5. The van der Waals surface area contributed by atoms with E-state index in [1.807, 2.05) is 10.6 Å². The van der Waals surface area contributed by atoms with Crippen molar-refractivity contribution in [1.82, 2.24) is 5.32 Å². The van der Waals surface area contributed by atoms with E-state index in [2.05, 4.69) is 0 Å². The Labute approximate surface area is 113 Å². The van der Waals surface area contributed by atoms with E-state index in [9.17, 15) is 23.5 Å². The van der Waals surface area contributed by atoms with Crippen molar-refractivity contribution in [2.45, 2.75) is 26.0 Å². The number of hydrogen-bond donors (Lipinski definition) is 4. The molecule has 1 aromatic carbocycles. The molecule has 8 heteroatoms. The van der Waals surface area contributed by atoms with Gasteiger partial charge < -0.3 is 20.8 Å². The van der Waals surface area contributed by atoms with E-state index >= 15 is 0 Å². The molecule has 20 heavy (non-hydrogen) atoms. The zero-order valence-corrected chi connectivity index (χ0v) is 10.8. The molecule has 0 bridgehead atoms. The van der Waals surface area contributed by atoms with Gasteiger partial charge in [-0.05, 0) is 25.5 Å². The van der Waals surface area contributed by atoms with Crippen LogP contribution in [-0.2, 0) is 4.79 Å². The van der Waals surface area contributed by atoms with Gasteiger partial charge in [-0.2, -0.15) is 0 Å². The number of hydrogen-bond acceptors (Lipinski definition) is 3. The first kappa shape index (κ1) is 15.8. The van der Waals surface area contributed by atoms with E-state index in [1.54, 1.807) is 0 Å². The molecule has 110 valence electrons. The molecule has 0 spiro atoms. The minimum Gasteiger partial charge on any atom is -0.480 e. The number of benzene rings is 1. The summed E-state index contributed by atoms with van der Waals surface area (Å²) in [5, 5.41) is 21.8. The van der Waals surface area contributed by atoms with E-state index in [4.69, 9.17) is 5.11 Å². The monoisotopic (exact) mass is 288 g/mol. The lowest BCUT2D eigenvalue weighted by molar-refractivity contribution is -0.141. The summed E-state index contributed by atoms with van der Waals surface area (Å²) in [7, 11) is 0. The average molecular weight is 288 g/mol. The number of urea groups is 1. The van der Waals surface area contributed by atoms with Crippen LogP contribution in [0.15, 0.2) is 12.1 Å². The summed E-state index contributed by atoms with van der Waals surface area (Å²) < 4.78 is 26.7. The van der Waals surface area contributed by atoms with Crippen molar-refractivity contribution in [2.24, 2.45) is 0 Å². The van der Waals surface area contributed by atoms with Crippen LogP contribution in [0.1, 0.15) is 12.5 Å². The molecule has 0 saturated carbocycles. The van der Waals surface area contributed by atoms with Crippen molar-refractivity contribution >= 4 is 17.7 Å². The number of carboxylic acids is 1. The fourth-order valence-electron chi connectivity index (χ4n) is 1.43. The Hall–Kier alpha value is -2.22. The standard InChI is InChI=1S/C12H14F2N2O4/c1-5-3-8(14)9(4-7(5)13)15-12(20)16-10(6(2)17)11(18)19/h3-4,6,10,17H,1-2H3,(H,18,19)(H2,15,16,20)/t6-,10+/m1/s1. The Balaban J connectivity index is 2.81. The van der Waals surface area contributed by atoms with Gasteiger partial charge in [0.1, 0.15) is 11.6 Å². The SMILES string of the molecule is Cc1cc(F)c(NC(=O)N[C@H](C(=O)O)[C@@H](C)O)cc1F. The molecule has 0 unspecified atom stereocenters. The van der Waals surface area contributed by atoms with Crippen LogP contribution < -0.4 is 10.6 Å². The third kappa shape index (κ3) is 3.89. The van der Waals surface area contributed by atoms with Crippen molar-refractivity contribution < 1.29 is 28.6 Å². The van der Waals surface area contributed by atoms with Gasteiger partial charge in [-0.15, -0.1) is 0 Å². The van der Waals surface area contributed by atoms with Gasteiger partial charge in [0.2, 0.25) is 0 Å². The summed E-state index contributed by atoms with van der Waals surface area (Å²) in [6.07, 6.45) is -1.35. The lowest BCUT2D eigenvalue weighted by Crippen LogP contribution is -2.49. The molecule has 0 aliphatic heterocycles. The minimum atomic E-state index is -1.56. The van der Waals surface area contributed by atoms with E-state index in [-0.39, 0.29) is 5.56 Å². The number of carbonyl (C=O) groups excluding carboxylic acids is 1. The summed E-state index contributed by atoms with van der Waals surface area (Å²) in [4.78, 5) is 22.3. The normalized spacial score (nSPS) is 13.4. The number of nitrogens with one attached hydrogen (secondary N) is 2. The van der Waals surface area contributed by atoms with Gasteiger partial charge >= 0.3 is 12.0 Å². The van der Waals surface area contributed by atoms with Crippen molar-refractivity contribution in [2.75, 3.05) is 5.32 Å². The quantitative estimate of drug-likeness (QED) is 0.669. The van der Waals surface area contributed by atoms with Crippen LogP contribution >= 0.6 is 0 Å². The molecular formula is C12H14F2N2O4. The van der Waals surface area contributed by atoms with Crippen LogP contribution in [0.3, 0.4) is 0 Å². The number of halogens is 2. The summed E-state index contributed by atoms with van der Waals surface area (Å²) in [6.45, 7) is 2.53. The van der Waals surface area contributed by atoms with Crippen LogP contribution in [0.25, 0.3) is 0 Å². The number of aryl methyl sites for hydroxylation is 1. The first-order valence-corrected chi connectivity index (χ1v) is 5.66. The third-order valence-electron chi connectivity index (χ3n) is 2.53. The largest absolute Gasteiger partial charge is 0.480 e. The second kappa shape index (κ2) is 6.29. The molecule has 0 fully saturated rings. The van der Waals surface area contributed by atoms with Gasteiger partial charge in [-0.1, -0.05) is 0 Å². The zero-order chi connectivity index (χ0) is 15.4. The second-order valence-electron chi connectivity index (χ2n) is 4.24. The Kier molecular flexibility index (Phi) is 4.98. The van der Waals surface area contributed by atoms with Gasteiger partial charge in [-0.25, -0.2) is 18.4 Å². The number of carbonyl (C=O) groups is 2. The van der Waals surface area contributed by atoms with Crippen molar-refractivity contribution in [3.63, 3.8) is 0 Å². The molecule has 0 aliphatic rings. The number of carboxylic acid groups (broad SMARTS) is 1. The molecule has 0 heterocycles. The van der Waals surface area contributed by atoms with Crippen LogP contribution in [0.4, 0.5) is 19.3 Å². The van der Waals surface area contributed by atoms with Crippen molar-refractivity contribution in [1.29, 1.82) is 0 Å². The molecule has 0 aromatic heterocycles. The summed E-state index contributed by atoms with van der Waals surface area (Å²) in [6, 6.07) is -0.953. The van der Waals surface area contributed by atoms with Gasteiger partial charge in [0.05, 0.1) is 11.8 Å². The van der Waals surface area contributed by atoms with Gasteiger partial charge in [0, 0.05) is 6.07 Å². The highest BCUT2D eigenvalue weighted by molar-refractivity contribution is 5.92.